The Morgan fingerprint density at radius 1 is 1.53 bits per heavy atom. The van der Waals surface area contributed by atoms with Crippen LogP contribution >= 0.6 is 0 Å². The summed E-state index contributed by atoms with van der Waals surface area (Å²) >= 11 is 0. The van der Waals surface area contributed by atoms with E-state index in [4.69, 9.17) is 0 Å². The molecule has 0 saturated carbocycles. The first-order valence-corrected chi connectivity index (χ1v) is 5.27. The van der Waals surface area contributed by atoms with Crippen molar-refractivity contribution in [1.82, 2.24) is 14.9 Å². The van der Waals surface area contributed by atoms with Gasteiger partial charge in [-0.15, -0.1) is 0 Å². The molecule has 0 aliphatic carbocycles. The Hall–Kier alpha value is -1.32. The summed E-state index contributed by atoms with van der Waals surface area (Å²) in [5.41, 5.74) is 0. The first kappa shape index (κ1) is 11.8. The Bertz CT molecular complexity index is 330. The molecule has 1 amide bonds. The van der Waals surface area contributed by atoms with Gasteiger partial charge in [0.25, 0.3) is 0 Å². The third kappa shape index (κ3) is 3.38. The molecular formula is C11H19N3O. The third-order valence-electron chi connectivity index (χ3n) is 2.22. The zero-order chi connectivity index (χ0) is 11.4. The maximum absolute atomic E-state index is 11.5. The molecule has 4 heteroatoms. The van der Waals surface area contributed by atoms with Crippen LogP contribution in [0.3, 0.4) is 0 Å². The van der Waals surface area contributed by atoms with E-state index >= 15 is 0 Å². The molecule has 1 heterocycles. The standard InChI is InChI=1S/C11H19N3O/c1-8(2)7-10(15)13-9(3)11-12-5-6-14(11)4/h5-6,8-9H,7H2,1-4H3,(H,13,15). The van der Waals surface area contributed by atoms with Crippen LogP contribution in [0.25, 0.3) is 0 Å². The summed E-state index contributed by atoms with van der Waals surface area (Å²) in [6.07, 6.45) is 4.18. The van der Waals surface area contributed by atoms with E-state index in [0.717, 1.165) is 5.82 Å². The summed E-state index contributed by atoms with van der Waals surface area (Å²) < 4.78 is 1.92. The number of hydrogen-bond donors (Lipinski definition) is 1. The summed E-state index contributed by atoms with van der Waals surface area (Å²) in [4.78, 5) is 15.7. The largest absolute Gasteiger partial charge is 0.346 e. The smallest absolute Gasteiger partial charge is 0.220 e. The Morgan fingerprint density at radius 2 is 2.20 bits per heavy atom. The molecule has 1 unspecified atom stereocenters. The molecule has 0 aliphatic rings. The molecule has 0 saturated heterocycles. The predicted octanol–water partition coefficient (Wildman–Crippen LogP) is 1.64. The molecule has 0 fully saturated rings. The molecule has 0 aliphatic heterocycles. The molecule has 0 radical (unpaired) electrons. The molecule has 1 rings (SSSR count). The van der Waals surface area contributed by atoms with Crippen molar-refractivity contribution in [2.24, 2.45) is 13.0 Å². The number of nitrogens with zero attached hydrogens (tertiary/aromatic N) is 2. The van der Waals surface area contributed by atoms with Gasteiger partial charge in [-0.25, -0.2) is 4.98 Å². The van der Waals surface area contributed by atoms with Crippen LogP contribution in [0.1, 0.15) is 39.1 Å². The minimum Gasteiger partial charge on any atom is -0.346 e. The van der Waals surface area contributed by atoms with Gasteiger partial charge in [0.2, 0.25) is 5.91 Å². The number of hydrogen-bond acceptors (Lipinski definition) is 2. The van der Waals surface area contributed by atoms with Crippen LogP contribution in [0.5, 0.6) is 0 Å². The summed E-state index contributed by atoms with van der Waals surface area (Å²) in [6, 6.07) is -0.0313. The van der Waals surface area contributed by atoms with Crippen molar-refractivity contribution >= 4 is 5.91 Å². The molecule has 1 N–H and O–H groups in total. The van der Waals surface area contributed by atoms with Crippen LogP contribution in [-0.4, -0.2) is 15.5 Å². The summed E-state index contributed by atoms with van der Waals surface area (Å²) in [5, 5.41) is 2.93. The van der Waals surface area contributed by atoms with Crippen LogP contribution in [-0.2, 0) is 11.8 Å². The SMILES string of the molecule is CC(C)CC(=O)NC(C)c1nccn1C. The number of rotatable bonds is 4. The highest BCUT2D eigenvalue weighted by Gasteiger charge is 2.13. The van der Waals surface area contributed by atoms with Gasteiger partial charge in [0.15, 0.2) is 0 Å². The van der Waals surface area contributed by atoms with Gasteiger partial charge in [0.05, 0.1) is 6.04 Å². The van der Waals surface area contributed by atoms with E-state index < -0.39 is 0 Å². The second kappa shape index (κ2) is 4.96. The van der Waals surface area contributed by atoms with E-state index in [2.05, 4.69) is 10.3 Å². The quantitative estimate of drug-likeness (QED) is 0.819. The lowest BCUT2D eigenvalue weighted by atomic mass is 10.1. The lowest BCUT2D eigenvalue weighted by Crippen LogP contribution is -2.29. The number of carbonyl (C=O) groups is 1. The van der Waals surface area contributed by atoms with Crippen molar-refractivity contribution in [3.05, 3.63) is 18.2 Å². The van der Waals surface area contributed by atoms with Crippen molar-refractivity contribution in [1.29, 1.82) is 0 Å². The predicted molar refractivity (Wildman–Crippen MR) is 59.2 cm³/mol. The van der Waals surface area contributed by atoms with E-state index in [1.807, 2.05) is 38.6 Å². The number of nitrogens with one attached hydrogen (secondary N) is 1. The molecule has 84 valence electrons. The fourth-order valence-corrected chi connectivity index (χ4v) is 1.53. The zero-order valence-corrected chi connectivity index (χ0v) is 9.82. The maximum Gasteiger partial charge on any atom is 0.220 e. The first-order valence-electron chi connectivity index (χ1n) is 5.27. The molecular weight excluding hydrogens is 190 g/mol. The van der Waals surface area contributed by atoms with Gasteiger partial charge in [-0.05, 0) is 12.8 Å². The van der Waals surface area contributed by atoms with Crippen molar-refractivity contribution in [2.45, 2.75) is 33.2 Å². The molecule has 0 spiro atoms. The van der Waals surface area contributed by atoms with Gasteiger partial charge in [-0.2, -0.15) is 0 Å². The molecule has 1 aromatic rings. The van der Waals surface area contributed by atoms with Crippen molar-refractivity contribution in [3.8, 4) is 0 Å². The Morgan fingerprint density at radius 3 is 2.67 bits per heavy atom. The van der Waals surface area contributed by atoms with Crippen molar-refractivity contribution in [2.75, 3.05) is 0 Å². The van der Waals surface area contributed by atoms with Crippen LogP contribution in [0.4, 0.5) is 0 Å². The normalized spacial score (nSPS) is 12.9. The Kier molecular flexibility index (Phi) is 3.88. The van der Waals surface area contributed by atoms with Crippen LogP contribution in [0, 0.1) is 5.92 Å². The van der Waals surface area contributed by atoms with Crippen LogP contribution in [0.2, 0.25) is 0 Å². The average molecular weight is 209 g/mol. The molecule has 0 bridgehead atoms. The fraction of sp³-hybridized carbons (Fsp3) is 0.636. The van der Waals surface area contributed by atoms with E-state index in [9.17, 15) is 4.79 Å². The van der Waals surface area contributed by atoms with Crippen molar-refractivity contribution < 1.29 is 4.79 Å². The summed E-state index contributed by atoms with van der Waals surface area (Å²) in [7, 11) is 1.92. The highest BCUT2D eigenvalue weighted by molar-refractivity contribution is 5.76. The Labute approximate surface area is 90.7 Å². The first-order chi connectivity index (χ1) is 7.00. The minimum atomic E-state index is -0.0313. The summed E-state index contributed by atoms with van der Waals surface area (Å²) in [6.45, 7) is 6.01. The lowest BCUT2D eigenvalue weighted by Gasteiger charge is -2.14. The van der Waals surface area contributed by atoms with Gasteiger partial charge >= 0.3 is 0 Å². The monoisotopic (exact) mass is 209 g/mol. The fourth-order valence-electron chi connectivity index (χ4n) is 1.53. The number of imidazole rings is 1. The highest BCUT2D eigenvalue weighted by atomic mass is 16.1. The molecule has 0 aromatic carbocycles. The second-order valence-corrected chi connectivity index (χ2v) is 4.28. The zero-order valence-electron chi connectivity index (χ0n) is 9.82. The Balaban J connectivity index is 2.53. The highest BCUT2D eigenvalue weighted by Crippen LogP contribution is 2.09. The number of aryl methyl sites for hydroxylation is 1. The molecule has 1 atom stereocenters. The molecule has 15 heavy (non-hydrogen) atoms. The van der Waals surface area contributed by atoms with E-state index in [1.165, 1.54) is 0 Å². The van der Waals surface area contributed by atoms with Gasteiger partial charge in [-0.3, -0.25) is 4.79 Å². The van der Waals surface area contributed by atoms with E-state index in [-0.39, 0.29) is 11.9 Å². The van der Waals surface area contributed by atoms with Gasteiger partial charge in [0, 0.05) is 25.9 Å². The maximum atomic E-state index is 11.5. The van der Waals surface area contributed by atoms with Crippen LogP contribution < -0.4 is 5.32 Å². The lowest BCUT2D eigenvalue weighted by molar-refractivity contribution is -0.122. The second-order valence-electron chi connectivity index (χ2n) is 4.28. The van der Waals surface area contributed by atoms with Gasteiger partial charge < -0.3 is 9.88 Å². The van der Waals surface area contributed by atoms with Crippen molar-refractivity contribution in [3.63, 3.8) is 0 Å². The summed E-state index contributed by atoms with van der Waals surface area (Å²) in [5.74, 6) is 1.35. The van der Waals surface area contributed by atoms with Gasteiger partial charge in [0.1, 0.15) is 5.82 Å². The topological polar surface area (TPSA) is 46.9 Å². The number of aromatic nitrogens is 2. The third-order valence-corrected chi connectivity index (χ3v) is 2.22. The average Bonchev–Trinajstić information content (AvgIpc) is 2.49. The van der Waals surface area contributed by atoms with Crippen LogP contribution in [0.15, 0.2) is 12.4 Å². The molecule has 1 aromatic heterocycles. The van der Waals surface area contributed by atoms with Gasteiger partial charge in [-0.1, -0.05) is 13.8 Å². The number of carbonyl (C=O) groups excluding carboxylic acids is 1. The minimum absolute atomic E-state index is 0.0313. The number of amides is 1. The van der Waals surface area contributed by atoms with E-state index in [0.29, 0.717) is 12.3 Å². The molecule has 4 nitrogen and oxygen atoms in total. The van der Waals surface area contributed by atoms with E-state index in [1.54, 1.807) is 6.20 Å².